The van der Waals surface area contributed by atoms with Gasteiger partial charge in [0.1, 0.15) is 16.5 Å². The van der Waals surface area contributed by atoms with Crippen molar-refractivity contribution in [3.8, 4) is 5.75 Å². The molecule has 3 heterocycles. The molecule has 3 bridgehead atoms. The zero-order chi connectivity index (χ0) is 18.5. The second-order valence-corrected chi connectivity index (χ2v) is 8.32. The van der Waals surface area contributed by atoms with Crippen molar-refractivity contribution in [1.29, 1.82) is 0 Å². The molecule has 4 aliphatic rings. The van der Waals surface area contributed by atoms with Gasteiger partial charge in [-0.25, -0.2) is 0 Å². The van der Waals surface area contributed by atoms with E-state index >= 15 is 0 Å². The summed E-state index contributed by atoms with van der Waals surface area (Å²) in [5.41, 5.74) is 0.181. The third-order valence-corrected chi connectivity index (χ3v) is 6.17. The Balaban J connectivity index is 1.90. The lowest BCUT2D eigenvalue weighted by molar-refractivity contribution is -0.139. The molecule has 1 spiro atoms. The van der Waals surface area contributed by atoms with E-state index in [1.165, 1.54) is 0 Å². The lowest BCUT2D eigenvalue weighted by Gasteiger charge is -2.36. The zero-order valence-corrected chi connectivity index (χ0v) is 16.0. The number of benzene rings is 1. The summed E-state index contributed by atoms with van der Waals surface area (Å²) in [5.74, 6) is -0.919. The molecular weight excluding hydrogens is 377 g/mol. The lowest BCUT2D eigenvalue weighted by Crippen LogP contribution is -2.50. The third-order valence-electron chi connectivity index (χ3n) is 5.70. The van der Waals surface area contributed by atoms with Crippen LogP contribution in [-0.2, 0) is 14.3 Å². The summed E-state index contributed by atoms with van der Waals surface area (Å²) in [7, 11) is 0. The van der Waals surface area contributed by atoms with Crippen molar-refractivity contribution in [2.75, 3.05) is 0 Å². The van der Waals surface area contributed by atoms with Crippen molar-refractivity contribution in [3.05, 3.63) is 29.3 Å². The number of hydrogen-bond acceptors (Lipinski definition) is 4. The third kappa shape index (κ3) is 2.81. The van der Waals surface area contributed by atoms with Crippen LogP contribution in [0.1, 0.15) is 60.9 Å². The van der Waals surface area contributed by atoms with Crippen LogP contribution in [0.3, 0.4) is 0 Å². The van der Waals surface area contributed by atoms with E-state index in [-0.39, 0.29) is 17.8 Å². The molecule has 3 aliphatic heterocycles. The molecular formula is C19H21Cl2NO4. The van der Waals surface area contributed by atoms with Gasteiger partial charge in [0.05, 0.1) is 11.6 Å². The van der Waals surface area contributed by atoms with Crippen LogP contribution >= 0.6 is 23.2 Å². The molecule has 5 rings (SSSR count). The van der Waals surface area contributed by atoms with Crippen LogP contribution in [0.2, 0.25) is 0 Å². The van der Waals surface area contributed by atoms with Gasteiger partial charge in [0, 0.05) is 12.0 Å². The first-order valence-electron chi connectivity index (χ1n) is 9.04. The average molecular weight is 398 g/mol. The van der Waals surface area contributed by atoms with E-state index in [0.29, 0.717) is 36.1 Å². The van der Waals surface area contributed by atoms with Crippen LogP contribution in [0.4, 0.5) is 0 Å². The van der Waals surface area contributed by atoms with Gasteiger partial charge in [-0.3, -0.25) is 9.59 Å². The summed E-state index contributed by atoms with van der Waals surface area (Å²) in [6, 6.07) is 5.24. The highest BCUT2D eigenvalue weighted by Crippen LogP contribution is 2.46. The molecule has 7 heteroatoms. The summed E-state index contributed by atoms with van der Waals surface area (Å²) >= 11 is 12.3. The number of carbonyl (C=O) groups is 2. The van der Waals surface area contributed by atoms with E-state index in [9.17, 15) is 9.59 Å². The summed E-state index contributed by atoms with van der Waals surface area (Å²) in [5, 5.41) is 2.97. The van der Waals surface area contributed by atoms with E-state index in [2.05, 4.69) is 5.32 Å². The van der Waals surface area contributed by atoms with Crippen molar-refractivity contribution < 1.29 is 19.1 Å². The number of nitrogens with one attached hydrogen (secondary N) is 1. The average Bonchev–Trinajstić information content (AvgIpc) is 2.83. The molecule has 1 N–H and O–H groups in total. The Bertz CT molecular complexity index is 743. The molecule has 1 aliphatic carbocycles. The molecule has 1 amide bonds. The summed E-state index contributed by atoms with van der Waals surface area (Å²) in [6.45, 7) is 1.98. The van der Waals surface area contributed by atoms with E-state index in [1.54, 1.807) is 18.2 Å². The van der Waals surface area contributed by atoms with Gasteiger partial charge < -0.3 is 14.8 Å². The first-order valence-corrected chi connectivity index (χ1v) is 9.92. The lowest BCUT2D eigenvalue weighted by atomic mass is 9.75. The SMILES string of the molecule is CCC1Oc2cccc(C(Cl)Cl)c2C2C(=O)NC3(CCC(CC3)O1)C2=O. The highest BCUT2D eigenvalue weighted by atomic mass is 35.5. The van der Waals surface area contributed by atoms with Crippen molar-refractivity contribution in [2.24, 2.45) is 0 Å². The van der Waals surface area contributed by atoms with E-state index in [0.717, 1.165) is 12.8 Å². The number of halogens is 2. The molecule has 140 valence electrons. The predicted molar refractivity (Wildman–Crippen MR) is 97.6 cm³/mol. The van der Waals surface area contributed by atoms with Crippen molar-refractivity contribution in [3.63, 3.8) is 0 Å². The molecule has 1 saturated heterocycles. The molecule has 0 aromatic heterocycles. The van der Waals surface area contributed by atoms with Gasteiger partial charge in [0.15, 0.2) is 12.1 Å². The van der Waals surface area contributed by atoms with Gasteiger partial charge in [0.25, 0.3) is 0 Å². The molecule has 1 saturated carbocycles. The van der Waals surface area contributed by atoms with Gasteiger partial charge in [-0.2, -0.15) is 0 Å². The van der Waals surface area contributed by atoms with Crippen LogP contribution < -0.4 is 10.1 Å². The number of amides is 1. The Morgan fingerprint density at radius 2 is 2.00 bits per heavy atom. The maximum absolute atomic E-state index is 13.3. The minimum Gasteiger partial charge on any atom is -0.465 e. The van der Waals surface area contributed by atoms with Crippen LogP contribution in [-0.4, -0.2) is 29.6 Å². The Kier molecular flexibility index (Phi) is 4.66. The van der Waals surface area contributed by atoms with Gasteiger partial charge >= 0.3 is 0 Å². The van der Waals surface area contributed by atoms with Crippen LogP contribution in [0.15, 0.2) is 18.2 Å². The molecule has 1 aromatic carbocycles. The Hall–Kier alpha value is -1.30. The maximum atomic E-state index is 13.3. The monoisotopic (exact) mass is 397 g/mol. The number of alkyl halides is 2. The number of ether oxygens (including phenoxy) is 2. The molecule has 1 aromatic rings. The highest BCUT2D eigenvalue weighted by molar-refractivity contribution is 6.44. The van der Waals surface area contributed by atoms with E-state index < -0.39 is 22.6 Å². The summed E-state index contributed by atoms with van der Waals surface area (Å²) in [4.78, 5) is 25.3. The van der Waals surface area contributed by atoms with Gasteiger partial charge in [0.2, 0.25) is 5.91 Å². The standard InChI is InChI=1S/C19H21Cl2NO4/c1-2-13-25-10-6-8-19(9-7-10)16(23)15(18(24)22-19)14-11(17(20)21)4-3-5-12(14)26-13/h3-5,10,13,15,17H,2,6-9H2,1H3,(H,22,24). The van der Waals surface area contributed by atoms with Crippen molar-refractivity contribution >= 4 is 34.9 Å². The van der Waals surface area contributed by atoms with Gasteiger partial charge in [-0.05, 0) is 37.3 Å². The van der Waals surface area contributed by atoms with Gasteiger partial charge in [-0.1, -0.05) is 19.1 Å². The molecule has 0 radical (unpaired) electrons. The molecule has 5 nitrogen and oxygen atoms in total. The predicted octanol–water partition coefficient (Wildman–Crippen LogP) is 3.77. The van der Waals surface area contributed by atoms with Gasteiger partial charge in [-0.15, -0.1) is 23.2 Å². The fraction of sp³-hybridized carbons (Fsp3) is 0.579. The fourth-order valence-corrected chi connectivity index (χ4v) is 4.73. The second kappa shape index (κ2) is 6.70. The first kappa shape index (κ1) is 18.1. The second-order valence-electron chi connectivity index (χ2n) is 7.22. The first-order chi connectivity index (χ1) is 12.4. The van der Waals surface area contributed by atoms with E-state index in [1.807, 2.05) is 6.92 Å². The number of carbonyl (C=O) groups excluding carboxylic acids is 2. The zero-order valence-electron chi connectivity index (χ0n) is 14.5. The normalized spacial score (nSPS) is 33.5. The number of Topliss-reactive ketones (excluding diaryl/α,β-unsaturated/α-hetero) is 1. The Labute approximate surface area is 162 Å². The largest absolute Gasteiger partial charge is 0.465 e. The number of fused-ring (bicyclic) bond motifs is 4. The van der Waals surface area contributed by atoms with Crippen LogP contribution in [0, 0.1) is 0 Å². The summed E-state index contributed by atoms with van der Waals surface area (Å²) < 4.78 is 12.2. The highest BCUT2D eigenvalue weighted by Gasteiger charge is 2.55. The summed E-state index contributed by atoms with van der Waals surface area (Å²) in [6.07, 6.45) is 2.83. The molecule has 26 heavy (non-hydrogen) atoms. The van der Waals surface area contributed by atoms with Crippen LogP contribution in [0.5, 0.6) is 5.75 Å². The quantitative estimate of drug-likeness (QED) is 0.609. The number of hydrogen-bond donors (Lipinski definition) is 1. The minimum absolute atomic E-state index is 0.0212. The Morgan fingerprint density at radius 3 is 2.65 bits per heavy atom. The molecule has 2 unspecified atom stereocenters. The van der Waals surface area contributed by atoms with Crippen molar-refractivity contribution in [2.45, 2.75) is 67.7 Å². The maximum Gasteiger partial charge on any atom is 0.236 e. The number of ketones is 1. The van der Waals surface area contributed by atoms with E-state index in [4.69, 9.17) is 32.7 Å². The molecule has 2 atom stereocenters. The minimum atomic E-state index is -0.951. The number of rotatable bonds is 2. The fourth-order valence-electron chi connectivity index (χ4n) is 4.35. The topological polar surface area (TPSA) is 64.6 Å². The Morgan fingerprint density at radius 1 is 1.27 bits per heavy atom. The smallest absolute Gasteiger partial charge is 0.236 e. The van der Waals surface area contributed by atoms with Crippen LogP contribution in [0.25, 0.3) is 0 Å². The van der Waals surface area contributed by atoms with Crippen molar-refractivity contribution in [1.82, 2.24) is 5.32 Å². The molecule has 2 fully saturated rings.